The molecule has 0 amide bonds. The molecule has 8 heteroatoms. The Morgan fingerprint density at radius 1 is 1.35 bits per heavy atom. The van der Waals surface area contributed by atoms with Gasteiger partial charge in [0.1, 0.15) is 0 Å². The van der Waals surface area contributed by atoms with E-state index in [9.17, 15) is 14.9 Å². The number of nitrogens with zero attached hydrogens (tertiary/aromatic N) is 1. The van der Waals surface area contributed by atoms with Crippen molar-refractivity contribution in [3.05, 3.63) is 33.9 Å². The van der Waals surface area contributed by atoms with Crippen molar-refractivity contribution in [3.8, 4) is 0 Å². The van der Waals surface area contributed by atoms with Crippen LogP contribution >= 0.6 is 0 Å². The number of hydrogen-bond donors (Lipinski definition) is 2. The topological polar surface area (TPSA) is 118 Å². The molecule has 17 heavy (non-hydrogen) atoms. The number of aromatic carboxylic acids is 1. The molecule has 0 unspecified atom stereocenters. The summed E-state index contributed by atoms with van der Waals surface area (Å²) in [5, 5.41) is 26.6. The zero-order valence-corrected chi connectivity index (χ0v) is 14.4. The molecule has 1 rings (SSSR count). The van der Waals surface area contributed by atoms with Crippen LogP contribution in [0.3, 0.4) is 0 Å². The summed E-state index contributed by atoms with van der Waals surface area (Å²) in [6, 6.07) is 4.36. The SMILES string of the molecule is CC(=O)O.O=C(O)c1ccc[c]([Hg])c1[N+](=O)[O-]. The van der Waals surface area contributed by atoms with Gasteiger partial charge in [0.15, 0.2) is 0 Å². The van der Waals surface area contributed by atoms with Crippen LogP contribution < -0.4 is 3.07 Å². The van der Waals surface area contributed by atoms with E-state index in [0.717, 1.165) is 6.92 Å². The van der Waals surface area contributed by atoms with Gasteiger partial charge in [0.25, 0.3) is 5.97 Å². The van der Waals surface area contributed by atoms with Crippen LogP contribution in [0.15, 0.2) is 18.2 Å². The number of aliphatic carboxylic acids is 1. The quantitative estimate of drug-likeness (QED) is 0.405. The third kappa shape index (κ3) is 5.39. The van der Waals surface area contributed by atoms with Crippen molar-refractivity contribution in [2.45, 2.75) is 6.92 Å². The second-order valence-electron chi connectivity index (χ2n) is 2.89. The van der Waals surface area contributed by atoms with Crippen LogP contribution in [0.25, 0.3) is 0 Å². The third-order valence-corrected chi connectivity index (χ3v) is 3.75. The molecule has 0 aliphatic rings. The first-order valence-electron chi connectivity index (χ1n) is 4.29. The first kappa shape index (κ1) is 15.5. The Balaban J connectivity index is 0.000000557. The van der Waals surface area contributed by atoms with Crippen molar-refractivity contribution in [2.75, 3.05) is 0 Å². The minimum absolute atomic E-state index is 0.0460. The number of carbonyl (C=O) groups is 2. The summed E-state index contributed by atoms with van der Waals surface area (Å²) in [5.41, 5.74) is -0.476. The second-order valence-corrected chi connectivity index (χ2v) is 5.86. The van der Waals surface area contributed by atoms with Crippen LogP contribution in [0.4, 0.5) is 5.69 Å². The van der Waals surface area contributed by atoms with Gasteiger partial charge in [0.05, 0.1) is 0 Å². The van der Waals surface area contributed by atoms with Gasteiger partial charge in [-0.1, -0.05) is 0 Å². The van der Waals surface area contributed by atoms with Crippen molar-refractivity contribution in [1.82, 2.24) is 0 Å². The van der Waals surface area contributed by atoms with E-state index in [1.54, 1.807) is 6.07 Å². The van der Waals surface area contributed by atoms with Gasteiger partial charge in [-0.2, -0.15) is 0 Å². The fourth-order valence-electron chi connectivity index (χ4n) is 0.980. The zero-order valence-electron chi connectivity index (χ0n) is 8.91. The molecule has 7 nitrogen and oxygen atoms in total. The predicted molar refractivity (Wildman–Crippen MR) is 53.0 cm³/mol. The number of carboxylic acids is 2. The average molecular weight is 427 g/mol. The number of nitro groups is 1. The molecule has 0 bridgehead atoms. The van der Waals surface area contributed by atoms with Crippen LogP contribution in [-0.2, 0) is 30.9 Å². The summed E-state index contributed by atoms with van der Waals surface area (Å²) in [6.45, 7) is 1.08. The van der Waals surface area contributed by atoms with E-state index in [2.05, 4.69) is 0 Å². The van der Waals surface area contributed by atoms with Crippen molar-refractivity contribution < 1.29 is 50.8 Å². The Labute approximate surface area is 112 Å². The van der Waals surface area contributed by atoms with Crippen molar-refractivity contribution >= 4 is 20.7 Å². The van der Waals surface area contributed by atoms with E-state index in [-0.39, 0.29) is 37.4 Å². The molecular formula is C9H8HgNO6. The predicted octanol–water partition coefficient (Wildman–Crippen LogP) is 0.556. The average Bonchev–Trinajstić information content (AvgIpc) is 2.15. The van der Waals surface area contributed by atoms with Crippen LogP contribution in [0.1, 0.15) is 17.3 Å². The first-order valence-corrected chi connectivity index (χ1v) is 7.04. The molecule has 1 aromatic rings. The van der Waals surface area contributed by atoms with Gasteiger partial charge >= 0.3 is 89.6 Å². The number of carboxylic acid groups (broad SMARTS) is 2. The van der Waals surface area contributed by atoms with Gasteiger partial charge in [-0.3, -0.25) is 4.79 Å². The molecule has 0 saturated heterocycles. The fourth-order valence-corrected chi connectivity index (χ4v) is 2.75. The number of para-hydroxylation sites is 1. The Morgan fingerprint density at radius 3 is 2.12 bits per heavy atom. The molecule has 0 atom stereocenters. The second kappa shape index (κ2) is 6.95. The van der Waals surface area contributed by atoms with Crippen molar-refractivity contribution in [2.24, 2.45) is 0 Å². The minimum atomic E-state index is -1.25. The Hall–Kier alpha value is -1.50. The Bertz CT molecular complexity index is 455. The van der Waals surface area contributed by atoms with Crippen LogP contribution in [0, 0.1) is 10.1 Å². The number of hydrogen-bond acceptors (Lipinski definition) is 4. The molecule has 0 fully saturated rings. The van der Waals surface area contributed by atoms with Crippen molar-refractivity contribution in [3.63, 3.8) is 0 Å². The molecule has 0 radical (unpaired) electrons. The van der Waals surface area contributed by atoms with Crippen LogP contribution in [0.2, 0.25) is 0 Å². The standard InChI is InChI=1S/C7H4NO4.C2H4O2.Hg/c9-7(10)5-3-1-2-4-6(5)8(11)12;1-2(3)4;/h1-3H,(H,9,10);1H3,(H,3,4);. The molecule has 0 saturated carbocycles. The van der Waals surface area contributed by atoms with E-state index < -0.39 is 16.9 Å². The monoisotopic (exact) mass is 428 g/mol. The molecule has 0 aliphatic heterocycles. The van der Waals surface area contributed by atoms with Gasteiger partial charge in [-0.15, -0.1) is 0 Å². The number of nitro benzene ring substituents is 1. The number of benzene rings is 1. The summed E-state index contributed by atoms with van der Waals surface area (Å²) in [6.07, 6.45) is 0. The molecule has 1 aromatic carbocycles. The van der Waals surface area contributed by atoms with Gasteiger partial charge < -0.3 is 5.11 Å². The molecular weight excluding hydrogens is 419 g/mol. The number of rotatable bonds is 2. The maximum absolute atomic E-state index is 10.6. The van der Waals surface area contributed by atoms with Gasteiger partial charge in [-0.25, -0.2) is 0 Å². The van der Waals surface area contributed by atoms with Gasteiger partial charge in [0, 0.05) is 6.92 Å². The van der Waals surface area contributed by atoms with E-state index in [1.807, 2.05) is 0 Å². The molecule has 0 aromatic heterocycles. The Kier molecular flexibility index (Phi) is 6.33. The van der Waals surface area contributed by atoms with Crippen molar-refractivity contribution in [1.29, 1.82) is 0 Å². The summed E-state index contributed by atoms with van der Waals surface area (Å²) in [7, 11) is 0. The molecule has 0 spiro atoms. The maximum atomic E-state index is 10.6. The summed E-state index contributed by atoms with van der Waals surface area (Å²) in [4.78, 5) is 29.5. The van der Waals surface area contributed by atoms with Gasteiger partial charge in [0.2, 0.25) is 0 Å². The fraction of sp³-hybridized carbons (Fsp3) is 0.111. The zero-order chi connectivity index (χ0) is 13.6. The molecule has 0 heterocycles. The summed E-state index contributed by atoms with van der Waals surface area (Å²) < 4.78 is 0.546. The molecule has 87 valence electrons. The summed E-state index contributed by atoms with van der Waals surface area (Å²) >= 11 is 0.0460. The van der Waals surface area contributed by atoms with E-state index in [1.165, 1.54) is 12.1 Å². The Morgan fingerprint density at radius 2 is 1.82 bits per heavy atom. The van der Waals surface area contributed by atoms with E-state index in [0.29, 0.717) is 3.07 Å². The van der Waals surface area contributed by atoms with E-state index >= 15 is 0 Å². The molecule has 2 N–H and O–H groups in total. The van der Waals surface area contributed by atoms with Gasteiger partial charge in [-0.05, 0) is 0 Å². The van der Waals surface area contributed by atoms with E-state index in [4.69, 9.17) is 15.0 Å². The summed E-state index contributed by atoms with van der Waals surface area (Å²) in [5.74, 6) is -2.08. The third-order valence-electron chi connectivity index (χ3n) is 1.53. The normalized spacial score (nSPS) is 8.88. The molecule has 0 aliphatic carbocycles. The van der Waals surface area contributed by atoms with Crippen LogP contribution in [0.5, 0.6) is 0 Å². The van der Waals surface area contributed by atoms with Crippen LogP contribution in [-0.4, -0.2) is 27.1 Å². The first-order chi connectivity index (χ1) is 7.77.